The number of nitrogens with zero attached hydrogens (tertiary/aromatic N) is 1. The summed E-state index contributed by atoms with van der Waals surface area (Å²) in [6, 6.07) is 6.71. The van der Waals surface area contributed by atoms with Crippen LogP contribution >= 0.6 is 11.8 Å². The second kappa shape index (κ2) is 8.39. The van der Waals surface area contributed by atoms with E-state index in [1.54, 1.807) is 23.9 Å². The Morgan fingerprint density at radius 3 is 2.86 bits per heavy atom. The van der Waals surface area contributed by atoms with E-state index in [0.29, 0.717) is 11.8 Å². The number of amides is 1. The van der Waals surface area contributed by atoms with E-state index in [0.717, 1.165) is 43.5 Å². The van der Waals surface area contributed by atoms with Gasteiger partial charge in [-0.3, -0.25) is 4.79 Å². The van der Waals surface area contributed by atoms with Gasteiger partial charge < -0.3 is 10.0 Å². The highest BCUT2D eigenvalue weighted by atomic mass is 32.2. The lowest BCUT2D eigenvalue weighted by Gasteiger charge is -2.24. The van der Waals surface area contributed by atoms with E-state index in [4.69, 9.17) is 5.11 Å². The highest BCUT2D eigenvalue weighted by Crippen LogP contribution is 2.23. The molecule has 1 saturated heterocycles. The number of benzene rings is 1. The number of halogens is 1. The van der Waals surface area contributed by atoms with Crippen molar-refractivity contribution in [2.24, 2.45) is 0 Å². The van der Waals surface area contributed by atoms with Crippen LogP contribution in [0.3, 0.4) is 0 Å². The third-order valence-corrected chi connectivity index (χ3v) is 4.79. The molecule has 2 rings (SSSR count). The molecule has 1 aromatic rings. The Hall–Kier alpha value is -1.07. The van der Waals surface area contributed by atoms with Crippen LogP contribution in [0.2, 0.25) is 0 Å². The molecule has 0 aromatic heterocycles. The first kappa shape index (κ1) is 16.3. The first-order valence-electron chi connectivity index (χ1n) is 7.43. The molecule has 1 aliphatic rings. The Bertz CT molecular complexity index is 452. The fourth-order valence-corrected chi connectivity index (χ4v) is 3.58. The summed E-state index contributed by atoms with van der Waals surface area (Å²) in [7, 11) is 0. The van der Waals surface area contributed by atoms with Crippen LogP contribution in [0.5, 0.6) is 0 Å². The summed E-state index contributed by atoms with van der Waals surface area (Å²) < 4.78 is 12.8. The maximum absolute atomic E-state index is 12.8. The molecule has 1 aromatic carbocycles. The fourth-order valence-electron chi connectivity index (χ4n) is 2.71. The Labute approximate surface area is 129 Å². The number of aliphatic hydroxyl groups excluding tert-OH is 1. The van der Waals surface area contributed by atoms with Crippen molar-refractivity contribution >= 4 is 17.7 Å². The van der Waals surface area contributed by atoms with Crippen molar-refractivity contribution < 1.29 is 14.3 Å². The van der Waals surface area contributed by atoms with Crippen molar-refractivity contribution in [1.29, 1.82) is 0 Å². The zero-order valence-electron chi connectivity index (χ0n) is 12.1. The number of likely N-dealkylation sites (tertiary alicyclic amines) is 1. The Kier molecular flexibility index (Phi) is 6.51. The van der Waals surface area contributed by atoms with Crippen molar-refractivity contribution in [2.75, 3.05) is 18.9 Å². The SMILES string of the molecule is O=C(CSCc1ccc(F)cc1)N1CCCC1CCCO. The minimum atomic E-state index is -0.233. The van der Waals surface area contributed by atoms with E-state index in [9.17, 15) is 9.18 Å². The molecule has 1 fully saturated rings. The molecule has 1 aliphatic heterocycles. The molecule has 0 spiro atoms. The molecular weight excluding hydrogens is 289 g/mol. The second-order valence-electron chi connectivity index (χ2n) is 5.37. The van der Waals surface area contributed by atoms with Crippen molar-refractivity contribution in [3.63, 3.8) is 0 Å². The van der Waals surface area contributed by atoms with Crippen molar-refractivity contribution in [3.8, 4) is 0 Å². The first-order chi connectivity index (χ1) is 10.2. The minimum absolute atomic E-state index is 0.183. The highest BCUT2D eigenvalue weighted by Gasteiger charge is 2.27. The van der Waals surface area contributed by atoms with Crippen LogP contribution in [0.4, 0.5) is 4.39 Å². The summed E-state index contributed by atoms with van der Waals surface area (Å²) in [5.74, 6) is 1.14. The predicted octanol–water partition coefficient (Wildman–Crippen LogP) is 2.82. The van der Waals surface area contributed by atoms with Gasteiger partial charge in [-0.25, -0.2) is 4.39 Å². The fraction of sp³-hybridized carbons (Fsp3) is 0.562. The summed E-state index contributed by atoms with van der Waals surface area (Å²) in [6.07, 6.45) is 3.76. The van der Waals surface area contributed by atoms with Gasteiger partial charge >= 0.3 is 0 Å². The molecule has 1 amide bonds. The molecule has 5 heteroatoms. The monoisotopic (exact) mass is 311 g/mol. The van der Waals surface area contributed by atoms with Crippen LogP contribution in [0, 0.1) is 5.82 Å². The number of thioether (sulfide) groups is 1. The van der Waals surface area contributed by atoms with Crippen LogP contribution in [-0.2, 0) is 10.5 Å². The average molecular weight is 311 g/mol. The smallest absolute Gasteiger partial charge is 0.232 e. The molecular formula is C16H22FNO2S. The summed E-state index contributed by atoms with van der Waals surface area (Å²) in [5, 5.41) is 8.90. The van der Waals surface area contributed by atoms with Gasteiger partial charge in [0, 0.05) is 24.9 Å². The van der Waals surface area contributed by atoms with Gasteiger partial charge in [-0.05, 0) is 43.4 Å². The Morgan fingerprint density at radius 2 is 2.14 bits per heavy atom. The van der Waals surface area contributed by atoms with Crippen LogP contribution in [0.15, 0.2) is 24.3 Å². The standard InChI is InChI=1S/C16H22FNO2S/c17-14-7-5-13(6-8-14)11-21-12-16(20)18-9-1-3-15(18)4-2-10-19/h5-8,15,19H,1-4,9-12H2. The molecule has 0 aliphatic carbocycles. The summed E-state index contributed by atoms with van der Waals surface area (Å²) in [5.41, 5.74) is 1.03. The van der Waals surface area contributed by atoms with E-state index in [1.807, 2.05) is 4.90 Å². The average Bonchev–Trinajstić information content (AvgIpc) is 2.95. The zero-order chi connectivity index (χ0) is 15.1. The third-order valence-electron chi connectivity index (χ3n) is 3.80. The Balaban J connectivity index is 1.74. The summed E-state index contributed by atoms with van der Waals surface area (Å²) >= 11 is 1.57. The maximum Gasteiger partial charge on any atom is 0.232 e. The Morgan fingerprint density at radius 1 is 1.38 bits per heavy atom. The van der Waals surface area contributed by atoms with Gasteiger partial charge in [0.15, 0.2) is 0 Å². The van der Waals surface area contributed by atoms with Crippen LogP contribution < -0.4 is 0 Å². The third kappa shape index (κ3) is 5.00. The lowest BCUT2D eigenvalue weighted by atomic mass is 10.1. The number of carbonyl (C=O) groups excluding carboxylic acids is 1. The van der Waals surface area contributed by atoms with Gasteiger partial charge in [-0.15, -0.1) is 11.8 Å². The van der Waals surface area contributed by atoms with Crippen molar-refractivity contribution in [1.82, 2.24) is 4.90 Å². The molecule has 21 heavy (non-hydrogen) atoms. The topological polar surface area (TPSA) is 40.5 Å². The molecule has 1 atom stereocenters. The zero-order valence-corrected chi connectivity index (χ0v) is 12.9. The largest absolute Gasteiger partial charge is 0.396 e. The number of carbonyl (C=O) groups is 1. The van der Waals surface area contributed by atoms with E-state index >= 15 is 0 Å². The lowest BCUT2D eigenvalue weighted by Crippen LogP contribution is -2.36. The van der Waals surface area contributed by atoms with Gasteiger partial charge in [0.1, 0.15) is 5.82 Å². The van der Waals surface area contributed by atoms with Gasteiger partial charge in [-0.2, -0.15) is 0 Å². The van der Waals surface area contributed by atoms with Crippen LogP contribution in [-0.4, -0.2) is 40.9 Å². The van der Waals surface area contributed by atoms with Gasteiger partial charge in [0.05, 0.1) is 5.75 Å². The van der Waals surface area contributed by atoms with E-state index in [-0.39, 0.29) is 18.3 Å². The normalized spacial score (nSPS) is 18.2. The molecule has 0 bridgehead atoms. The predicted molar refractivity (Wildman–Crippen MR) is 83.6 cm³/mol. The summed E-state index contributed by atoms with van der Waals surface area (Å²) in [6.45, 7) is 1.03. The van der Waals surface area contributed by atoms with E-state index < -0.39 is 0 Å². The molecule has 1 heterocycles. The first-order valence-corrected chi connectivity index (χ1v) is 8.58. The molecule has 0 saturated carbocycles. The number of aliphatic hydroxyl groups is 1. The lowest BCUT2D eigenvalue weighted by molar-refractivity contribution is -0.129. The van der Waals surface area contributed by atoms with Gasteiger partial charge in [-0.1, -0.05) is 12.1 Å². The highest BCUT2D eigenvalue weighted by molar-refractivity contribution is 7.99. The minimum Gasteiger partial charge on any atom is -0.396 e. The number of hydrogen-bond donors (Lipinski definition) is 1. The van der Waals surface area contributed by atoms with Gasteiger partial charge in [0.2, 0.25) is 5.91 Å². The van der Waals surface area contributed by atoms with Crippen LogP contribution in [0.1, 0.15) is 31.2 Å². The van der Waals surface area contributed by atoms with E-state index in [1.165, 1.54) is 12.1 Å². The maximum atomic E-state index is 12.8. The molecule has 1 N–H and O–H groups in total. The molecule has 116 valence electrons. The van der Waals surface area contributed by atoms with Crippen LogP contribution in [0.25, 0.3) is 0 Å². The molecule has 1 unspecified atom stereocenters. The quantitative estimate of drug-likeness (QED) is 0.842. The van der Waals surface area contributed by atoms with Crippen molar-refractivity contribution in [2.45, 2.75) is 37.5 Å². The van der Waals surface area contributed by atoms with Gasteiger partial charge in [0.25, 0.3) is 0 Å². The van der Waals surface area contributed by atoms with Crippen molar-refractivity contribution in [3.05, 3.63) is 35.6 Å². The summed E-state index contributed by atoms with van der Waals surface area (Å²) in [4.78, 5) is 14.2. The number of rotatable bonds is 7. The number of hydrogen-bond acceptors (Lipinski definition) is 3. The molecule has 0 radical (unpaired) electrons. The second-order valence-corrected chi connectivity index (χ2v) is 6.35. The molecule has 3 nitrogen and oxygen atoms in total. The van der Waals surface area contributed by atoms with E-state index in [2.05, 4.69) is 0 Å².